The average Bonchev–Trinajstić information content (AvgIpc) is 2.16. The fraction of sp³-hybridized carbons (Fsp3) is 0.500. The molecule has 0 spiro atoms. The van der Waals surface area contributed by atoms with Crippen molar-refractivity contribution in [3.63, 3.8) is 0 Å². The molecule has 0 radical (unpaired) electrons. The van der Waals surface area contributed by atoms with E-state index >= 15 is 0 Å². The second kappa shape index (κ2) is 3.12. The first kappa shape index (κ1) is 10.4. The summed E-state index contributed by atoms with van der Waals surface area (Å²) in [6.07, 6.45) is 4.67. The van der Waals surface area contributed by atoms with Gasteiger partial charge >= 0.3 is 5.97 Å². The number of pyridine rings is 1. The topological polar surface area (TPSA) is 74.3 Å². The third-order valence-electron chi connectivity index (χ3n) is 4.01. The van der Waals surface area contributed by atoms with Crippen molar-refractivity contribution >= 4 is 11.7 Å². The van der Waals surface area contributed by atoms with E-state index in [2.05, 4.69) is 4.74 Å². The Labute approximate surface area is 98.2 Å². The van der Waals surface area contributed by atoms with Crippen molar-refractivity contribution in [3.05, 3.63) is 28.2 Å². The summed E-state index contributed by atoms with van der Waals surface area (Å²) in [5.41, 5.74) is 5.95. The lowest BCUT2D eigenvalue weighted by molar-refractivity contribution is -0.0914. The summed E-state index contributed by atoms with van der Waals surface area (Å²) in [5, 5.41) is 0. The molecule has 0 aliphatic heterocycles. The molecule has 3 aliphatic carbocycles. The van der Waals surface area contributed by atoms with Crippen LogP contribution in [0, 0.1) is 5.92 Å². The first-order valence-electron chi connectivity index (χ1n) is 5.67. The minimum absolute atomic E-state index is 0.0434. The Morgan fingerprint density at radius 2 is 2.18 bits per heavy atom. The molecule has 2 N–H and O–H groups in total. The number of carbonyl (C=O) groups is 1. The molecule has 1 aromatic rings. The van der Waals surface area contributed by atoms with Crippen molar-refractivity contribution in [1.29, 1.82) is 0 Å². The molecule has 0 saturated heterocycles. The lowest BCUT2D eigenvalue weighted by Crippen LogP contribution is -2.62. The number of esters is 1. The summed E-state index contributed by atoms with van der Waals surface area (Å²) in [7, 11) is 1.30. The maximum absolute atomic E-state index is 11.9. The van der Waals surface area contributed by atoms with E-state index in [1.165, 1.54) is 13.2 Å². The Kier molecular flexibility index (Phi) is 1.91. The minimum Gasteiger partial charge on any atom is -0.465 e. The molecule has 17 heavy (non-hydrogen) atoms. The van der Waals surface area contributed by atoms with Crippen LogP contribution >= 0.6 is 0 Å². The van der Waals surface area contributed by atoms with Gasteiger partial charge in [0.05, 0.1) is 18.4 Å². The van der Waals surface area contributed by atoms with Crippen LogP contribution in [-0.4, -0.2) is 17.6 Å². The highest BCUT2D eigenvalue weighted by Gasteiger charge is 2.58. The second-order valence-electron chi connectivity index (χ2n) is 5.05. The maximum atomic E-state index is 11.9. The van der Waals surface area contributed by atoms with Gasteiger partial charge in [0, 0.05) is 17.8 Å². The smallest absolute Gasteiger partial charge is 0.341 e. The summed E-state index contributed by atoms with van der Waals surface area (Å²) >= 11 is 0. The molecule has 5 nitrogen and oxygen atoms in total. The average molecular weight is 234 g/mol. The van der Waals surface area contributed by atoms with Crippen LogP contribution in [0.3, 0.4) is 0 Å². The number of aromatic nitrogens is 1. The Bertz CT molecular complexity index is 544. The molecule has 0 unspecified atom stereocenters. The lowest BCUT2D eigenvalue weighted by atomic mass is 9.49. The van der Waals surface area contributed by atoms with Gasteiger partial charge in [-0.3, -0.25) is 4.79 Å². The molecule has 0 amide bonds. The van der Waals surface area contributed by atoms with Crippen molar-refractivity contribution in [2.75, 3.05) is 12.8 Å². The zero-order chi connectivity index (χ0) is 12.2. The van der Waals surface area contributed by atoms with E-state index in [0.717, 1.165) is 25.2 Å². The van der Waals surface area contributed by atoms with Crippen molar-refractivity contribution in [2.24, 2.45) is 5.92 Å². The second-order valence-corrected chi connectivity index (χ2v) is 5.05. The molecule has 4 rings (SSSR count). The number of nitrogens with two attached hydrogens (primary N) is 1. The molecule has 0 atom stereocenters. The summed E-state index contributed by atoms with van der Waals surface area (Å²) in [5.74, 6) is 0.267. The van der Waals surface area contributed by atoms with Crippen LogP contribution in [0.2, 0.25) is 0 Å². The van der Waals surface area contributed by atoms with Crippen molar-refractivity contribution in [2.45, 2.75) is 24.8 Å². The minimum atomic E-state index is -0.497. The first-order chi connectivity index (χ1) is 8.05. The molecule has 3 saturated carbocycles. The third kappa shape index (κ3) is 1.25. The van der Waals surface area contributed by atoms with Gasteiger partial charge in [-0.25, -0.2) is 4.79 Å². The zero-order valence-corrected chi connectivity index (χ0v) is 9.60. The molecule has 5 heteroatoms. The molecule has 1 heterocycles. The van der Waals surface area contributed by atoms with Gasteiger partial charge in [0.1, 0.15) is 0 Å². The van der Waals surface area contributed by atoms with Crippen molar-refractivity contribution < 1.29 is 9.53 Å². The Hall–Kier alpha value is -1.78. The first-order valence-corrected chi connectivity index (χ1v) is 5.67. The maximum Gasteiger partial charge on any atom is 0.341 e. The number of methoxy groups -OCH3 is 1. The predicted octanol–water partition coefficient (Wildman–Crippen LogP) is 0.726. The van der Waals surface area contributed by atoms with Crippen molar-refractivity contribution in [3.8, 4) is 0 Å². The van der Waals surface area contributed by atoms with Crippen LogP contribution in [0.15, 0.2) is 17.1 Å². The van der Waals surface area contributed by atoms with E-state index in [0.29, 0.717) is 0 Å². The fourth-order valence-corrected chi connectivity index (χ4v) is 2.93. The Morgan fingerprint density at radius 3 is 2.65 bits per heavy atom. The highest BCUT2D eigenvalue weighted by atomic mass is 16.5. The fourth-order valence-electron chi connectivity index (χ4n) is 2.93. The molecule has 3 aliphatic rings. The van der Waals surface area contributed by atoms with Gasteiger partial charge in [0.2, 0.25) is 0 Å². The lowest BCUT2D eigenvalue weighted by Gasteiger charge is -2.62. The highest BCUT2D eigenvalue weighted by molar-refractivity contribution is 5.94. The van der Waals surface area contributed by atoms with Gasteiger partial charge in [-0.2, -0.15) is 0 Å². The van der Waals surface area contributed by atoms with Gasteiger partial charge in [0.15, 0.2) is 0 Å². The summed E-state index contributed by atoms with van der Waals surface area (Å²) in [6, 6.07) is 1.31. The number of nitrogens with zero attached hydrogens (tertiary/aromatic N) is 1. The van der Waals surface area contributed by atoms with Gasteiger partial charge < -0.3 is 15.0 Å². The van der Waals surface area contributed by atoms with Crippen LogP contribution in [0.4, 0.5) is 5.69 Å². The monoisotopic (exact) mass is 234 g/mol. The Morgan fingerprint density at radius 1 is 1.53 bits per heavy atom. The zero-order valence-electron chi connectivity index (χ0n) is 9.60. The SMILES string of the molecule is COC(=O)c1cn(C23CC(C2)C3)c(=O)cc1N. The molecule has 2 bridgehead atoms. The number of anilines is 1. The quantitative estimate of drug-likeness (QED) is 0.765. The number of hydrogen-bond donors (Lipinski definition) is 1. The Balaban J connectivity index is 2.09. The van der Waals surface area contributed by atoms with E-state index in [4.69, 9.17) is 5.73 Å². The van der Waals surface area contributed by atoms with E-state index in [-0.39, 0.29) is 22.3 Å². The van der Waals surface area contributed by atoms with Crippen LogP contribution in [0.25, 0.3) is 0 Å². The van der Waals surface area contributed by atoms with E-state index in [9.17, 15) is 9.59 Å². The predicted molar refractivity (Wildman–Crippen MR) is 61.8 cm³/mol. The van der Waals surface area contributed by atoms with E-state index < -0.39 is 5.97 Å². The van der Waals surface area contributed by atoms with Gasteiger partial charge in [-0.05, 0) is 25.2 Å². The van der Waals surface area contributed by atoms with E-state index in [1.54, 1.807) is 10.8 Å². The molecule has 90 valence electrons. The van der Waals surface area contributed by atoms with Gasteiger partial charge in [-0.15, -0.1) is 0 Å². The molecular formula is C12H14N2O3. The third-order valence-corrected chi connectivity index (χ3v) is 4.01. The number of rotatable bonds is 2. The van der Waals surface area contributed by atoms with Gasteiger partial charge in [0.25, 0.3) is 5.56 Å². The standard InChI is InChI=1S/C12H14N2O3/c1-17-11(16)8-6-14(10(15)2-9(8)13)12-3-7(4-12)5-12/h2,6-7H,3-5,13H2,1H3. The number of ether oxygens (including phenoxy) is 1. The number of carbonyl (C=O) groups excluding carboxylic acids is 1. The van der Waals surface area contributed by atoms with Crippen LogP contribution < -0.4 is 11.3 Å². The number of hydrogen-bond acceptors (Lipinski definition) is 4. The normalized spacial score (nSPS) is 29.1. The highest BCUT2D eigenvalue weighted by Crippen LogP contribution is 2.61. The molecule has 1 aromatic heterocycles. The van der Waals surface area contributed by atoms with Crippen LogP contribution in [-0.2, 0) is 10.3 Å². The molecule has 0 aromatic carbocycles. The molecular weight excluding hydrogens is 220 g/mol. The largest absolute Gasteiger partial charge is 0.465 e. The van der Waals surface area contributed by atoms with Crippen LogP contribution in [0.1, 0.15) is 29.6 Å². The van der Waals surface area contributed by atoms with Crippen molar-refractivity contribution in [1.82, 2.24) is 4.57 Å². The summed E-state index contributed by atoms with van der Waals surface area (Å²) in [4.78, 5) is 23.4. The summed E-state index contributed by atoms with van der Waals surface area (Å²) < 4.78 is 6.32. The summed E-state index contributed by atoms with van der Waals surface area (Å²) in [6.45, 7) is 0. The van der Waals surface area contributed by atoms with Crippen LogP contribution in [0.5, 0.6) is 0 Å². The molecule has 3 fully saturated rings. The van der Waals surface area contributed by atoms with E-state index in [1.807, 2.05) is 0 Å². The number of nitrogen functional groups attached to an aromatic ring is 1. The van der Waals surface area contributed by atoms with Gasteiger partial charge in [-0.1, -0.05) is 0 Å².